The predicted molar refractivity (Wildman–Crippen MR) is 109 cm³/mol. The normalized spacial score (nSPS) is 20.5. The van der Waals surface area contributed by atoms with Crippen LogP contribution in [0.5, 0.6) is 0 Å². The molecule has 2 heterocycles. The molecule has 2 aromatic heterocycles. The Kier molecular flexibility index (Phi) is 4.78. The Bertz CT molecular complexity index is 1100. The van der Waals surface area contributed by atoms with Gasteiger partial charge in [0, 0.05) is 14.1 Å². The van der Waals surface area contributed by atoms with Crippen LogP contribution < -0.4 is 0 Å². The summed E-state index contributed by atoms with van der Waals surface area (Å²) >= 11 is 6.11. The minimum Gasteiger partial charge on any atom is -0.459 e. The molecule has 7 nitrogen and oxygen atoms in total. The Morgan fingerprint density at radius 1 is 1.24 bits per heavy atom. The highest BCUT2D eigenvalue weighted by Crippen LogP contribution is 2.52. The summed E-state index contributed by atoms with van der Waals surface area (Å²) in [6.45, 7) is 2.13. The van der Waals surface area contributed by atoms with Gasteiger partial charge in [0.2, 0.25) is 0 Å². The number of nitrogens with zero attached hydrogens (tertiary/aromatic N) is 4. The maximum Gasteiger partial charge on any atom is 0.334 e. The van der Waals surface area contributed by atoms with Crippen LogP contribution in [0.1, 0.15) is 29.4 Å². The molecule has 3 aromatic rings. The molecule has 1 aliphatic carbocycles. The zero-order chi connectivity index (χ0) is 20.8. The molecule has 0 N–H and O–H groups in total. The van der Waals surface area contributed by atoms with E-state index in [1.54, 1.807) is 26.2 Å². The van der Waals surface area contributed by atoms with Gasteiger partial charge >= 0.3 is 5.97 Å². The van der Waals surface area contributed by atoms with E-state index in [4.69, 9.17) is 16.3 Å². The smallest absolute Gasteiger partial charge is 0.334 e. The first kappa shape index (κ1) is 19.4. The third kappa shape index (κ3) is 3.25. The number of esters is 1. The largest absolute Gasteiger partial charge is 0.459 e. The van der Waals surface area contributed by atoms with Gasteiger partial charge in [0.15, 0.2) is 16.9 Å². The van der Waals surface area contributed by atoms with E-state index in [0.717, 1.165) is 5.56 Å². The number of hydrogen-bond donors (Lipinski definition) is 0. The van der Waals surface area contributed by atoms with Crippen molar-refractivity contribution in [2.75, 3.05) is 14.1 Å². The van der Waals surface area contributed by atoms with E-state index in [1.165, 1.54) is 9.58 Å². The molecule has 0 bridgehead atoms. The van der Waals surface area contributed by atoms with Crippen LogP contribution in [-0.4, -0.2) is 45.6 Å². The van der Waals surface area contributed by atoms with Crippen LogP contribution >= 0.6 is 11.6 Å². The molecule has 0 unspecified atom stereocenters. The van der Waals surface area contributed by atoms with Crippen LogP contribution in [0, 0.1) is 5.92 Å². The Hall–Kier alpha value is -2.93. The van der Waals surface area contributed by atoms with Gasteiger partial charge in [-0.1, -0.05) is 48.9 Å². The summed E-state index contributed by atoms with van der Waals surface area (Å²) in [4.78, 5) is 31.6. The number of benzene rings is 1. The number of carbonyl (C=O) groups is 2. The third-order valence-corrected chi connectivity index (χ3v) is 5.53. The second kappa shape index (κ2) is 7.15. The molecule has 1 aliphatic rings. The number of carbonyl (C=O) groups excluding carboxylic acids is 2. The molecule has 29 heavy (non-hydrogen) atoms. The van der Waals surface area contributed by atoms with Crippen LogP contribution in [0.2, 0.25) is 5.15 Å². The summed E-state index contributed by atoms with van der Waals surface area (Å²) in [6, 6.07) is 12.8. The van der Waals surface area contributed by atoms with Gasteiger partial charge in [-0.2, -0.15) is 5.10 Å². The Labute approximate surface area is 173 Å². The Morgan fingerprint density at radius 2 is 1.93 bits per heavy atom. The molecular weight excluding hydrogens is 392 g/mol. The van der Waals surface area contributed by atoms with Crippen LogP contribution in [0.15, 0.2) is 42.5 Å². The fourth-order valence-corrected chi connectivity index (χ4v) is 3.69. The molecule has 8 heteroatoms. The molecular formula is C21H21ClN4O3. The fraction of sp³-hybridized carbons (Fsp3) is 0.333. The molecule has 4 rings (SSSR count). The van der Waals surface area contributed by atoms with E-state index >= 15 is 0 Å². The molecule has 2 atom stereocenters. The van der Waals surface area contributed by atoms with E-state index in [0.29, 0.717) is 17.5 Å². The van der Waals surface area contributed by atoms with Gasteiger partial charge in [0.05, 0.1) is 5.39 Å². The molecule has 0 saturated heterocycles. The number of amides is 1. The molecule has 0 spiro atoms. The molecule has 0 radical (unpaired) electrons. The number of hydrogen-bond acceptors (Lipinski definition) is 5. The lowest BCUT2D eigenvalue weighted by molar-refractivity contribution is -0.151. The lowest BCUT2D eigenvalue weighted by atomic mass is 10.2. The molecule has 1 fully saturated rings. The molecule has 150 valence electrons. The molecule has 0 aliphatic heterocycles. The maximum absolute atomic E-state index is 13.1. The van der Waals surface area contributed by atoms with Gasteiger partial charge in [-0.05, 0) is 30.0 Å². The number of rotatable bonds is 5. The highest BCUT2D eigenvalue weighted by Gasteiger charge is 2.62. The first-order valence-electron chi connectivity index (χ1n) is 9.33. The Balaban J connectivity index is 1.74. The topological polar surface area (TPSA) is 77.3 Å². The van der Waals surface area contributed by atoms with Crippen molar-refractivity contribution in [2.45, 2.75) is 25.5 Å². The van der Waals surface area contributed by atoms with E-state index in [-0.39, 0.29) is 35.2 Å². The highest BCUT2D eigenvalue weighted by molar-refractivity contribution is 6.29. The lowest BCUT2D eigenvalue weighted by Crippen LogP contribution is -2.33. The molecule has 1 amide bonds. The van der Waals surface area contributed by atoms with Crippen molar-refractivity contribution in [1.29, 1.82) is 0 Å². The monoisotopic (exact) mass is 412 g/mol. The Morgan fingerprint density at radius 3 is 2.55 bits per heavy atom. The van der Waals surface area contributed by atoms with E-state index < -0.39 is 5.54 Å². The minimum atomic E-state index is -0.991. The fourth-order valence-electron chi connectivity index (χ4n) is 3.54. The first-order valence-corrected chi connectivity index (χ1v) is 9.71. The summed E-state index contributed by atoms with van der Waals surface area (Å²) in [6.07, 6.45) is 0.557. The van der Waals surface area contributed by atoms with Crippen molar-refractivity contribution in [3.8, 4) is 0 Å². The van der Waals surface area contributed by atoms with E-state index in [2.05, 4.69) is 10.1 Å². The van der Waals surface area contributed by atoms with Crippen molar-refractivity contribution in [1.82, 2.24) is 19.7 Å². The number of pyridine rings is 1. The number of halogens is 1. The molecule has 1 aromatic carbocycles. The average Bonchev–Trinajstić information content (AvgIpc) is 3.25. The van der Waals surface area contributed by atoms with Crippen LogP contribution in [0.25, 0.3) is 11.0 Å². The van der Waals surface area contributed by atoms with Crippen LogP contribution in [0.4, 0.5) is 0 Å². The van der Waals surface area contributed by atoms with Crippen LogP contribution in [-0.2, 0) is 21.7 Å². The SMILES string of the molecule is C[C@H]1C[C@]1(C(=O)OCc1ccccc1)n1nc(C(=O)N(C)C)c2ccc(Cl)nc21. The van der Waals surface area contributed by atoms with Gasteiger partial charge in [0.1, 0.15) is 11.8 Å². The summed E-state index contributed by atoms with van der Waals surface area (Å²) in [7, 11) is 3.31. The van der Waals surface area contributed by atoms with E-state index in [9.17, 15) is 9.59 Å². The average molecular weight is 413 g/mol. The zero-order valence-electron chi connectivity index (χ0n) is 16.4. The quantitative estimate of drug-likeness (QED) is 0.474. The second-order valence-electron chi connectivity index (χ2n) is 7.56. The lowest BCUT2D eigenvalue weighted by Gasteiger charge is -2.17. The van der Waals surface area contributed by atoms with Crippen LogP contribution in [0.3, 0.4) is 0 Å². The second-order valence-corrected chi connectivity index (χ2v) is 7.94. The van der Waals surface area contributed by atoms with Gasteiger partial charge in [-0.25, -0.2) is 14.5 Å². The third-order valence-electron chi connectivity index (χ3n) is 5.32. The molecule has 1 saturated carbocycles. The first-order chi connectivity index (χ1) is 13.8. The predicted octanol–water partition coefficient (Wildman–Crippen LogP) is 3.27. The highest BCUT2D eigenvalue weighted by atomic mass is 35.5. The minimum absolute atomic E-state index is 0.00281. The summed E-state index contributed by atoms with van der Waals surface area (Å²) in [5.74, 6) is -0.653. The summed E-state index contributed by atoms with van der Waals surface area (Å²) in [5.41, 5.74) is 0.557. The van der Waals surface area contributed by atoms with Gasteiger partial charge in [0.25, 0.3) is 5.91 Å². The number of ether oxygens (including phenoxy) is 1. The number of aromatic nitrogens is 3. The van der Waals surface area contributed by atoms with Crippen molar-refractivity contribution < 1.29 is 14.3 Å². The van der Waals surface area contributed by atoms with Crippen molar-refractivity contribution in [3.63, 3.8) is 0 Å². The zero-order valence-corrected chi connectivity index (χ0v) is 17.2. The van der Waals surface area contributed by atoms with Crippen molar-refractivity contribution in [3.05, 3.63) is 58.9 Å². The van der Waals surface area contributed by atoms with Gasteiger partial charge in [-0.3, -0.25) is 4.79 Å². The van der Waals surface area contributed by atoms with Gasteiger partial charge < -0.3 is 9.64 Å². The van der Waals surface area contributed by atoms with E-state index in [1.807, 2.05) is 37.3 Å². The maximum atomic E-state index is 13.1. The summed E-state index contributed by atoms with van der Waals surface area (Å²) in [5, 5.41) is 5.34. The van der Waals surface area contributed by atoms with Crippen molar-refractivity contribution in [2.24, 2.45) is 5.92 Å². The van der Waals surface area contributed by atoms with Crippen molar-refractivity contribution >= 4 is 34.5 Å². The van der Waals surface area contributed by atoms with Gasteiger partial charge in [-0.15, -0.1) is 0 Å². The summed E-state index contributed by atoms with van der Waals surface area (Å²) < 4.78 is 7.15. The number of fused-ring (bicyclic) bond motifs is 1. The standard InChI is InChI=1S/C21H21ClN4O3/c1-13-11-21(13,20(28)29-12-14-7-5-4-6-8-14)26-18-15(9-10-16(22)23-18)17(24-26)19(27)25(2)3/h4-10,13H,11-12H2,1-3H3/t13-,21-/m0/s1.